The Hall–Kier alpha value is -4.15. The number of carbonyl (C=O) groups is 3. The van der Waals surface area contributed by atoms with Crippen LogP contribution in [0.5, 0.6) is 11.5 Å². The van der Waals surface area contributed by atoms with E-state index < -0.39 is 22.0 Å². The average molecular weight is 539 g/mol. The summed E-state index contributed by atoms with van der Waals surface area (Å²) in [5.41, 5.74) is 2.27. The molecule has 37 heavy (non-hydrogen) atoms. The van der Waals surface area contributed by atoms with Crippen LogP contribution in [0, 0.1) is 17.0 Å². The number of nitro groups is 1. The van der Waals surface area contributed by atoms with Gasteiger partial charge in [-0.2, -0.15) is 0 Å². The van der Waals surface area contributed by atoms with Crippen molar-refractivity contribution in [2.24, 2.45) is 0 Å². The second-order valence-corrected chi connectivity index (χ2v) is 9.38. The zero-order chi connectivity index (χ0) is 26.7. The van der Waals surface area contributed by atoms with Gasteiger partial charge in [-0.15, -0.1) is 0 Å². The first-order valence-electron chi connectivity index (χ1n) is 10.8. The van der Waals surface area contributed by atoms with E-state index in [9.17, 15) is 24.5 Å². The van der Waals surface area contributed by atoms with E-state index in [0.29, 0.717) is 16.7 Å². The van der Waals surface area contributed by atoms with Crippen molar-refractivity contribution in [2.45, 2.75) is 13.5 Å². The molecule has 2 amide bonds. The molecule has 0 radical (unpaired) electrons. The topological polar surface area (TPSA) is 116 Å². The first kappa shape index (κ1) is 25.9. The zero-order valence-corrected chi connectivity index (χ0v) is 21.2. The van der Waals surface area contributed by atoms with Crippen LogP contribution in [-0.2, 0) is 11.3 Å². The van der Waals surface area contributed by atoms with Gasteiger partial charge in [0.05, 0.1) is 34.1 Å². The van der Waals surface area contributed by atoms with Crippen molar-refractivity contribution >= 4 is 52.2 Å². The van der Waals surface area contributed by atoms with E-state index in [-0.39, 0.29) is 33.7 Å². The molecule has 0 saturated carbocycles. The Morgan fingerprint density at radius 1 is 1.11 bits per heavy atom. The smallest absolute Gasteiger partial charge is 0.343 e. The number of methoxy groups -OCH3 is 1. The number of esters is 1. The number of amides is 2. The molecule has 3 aromatic carbocycles. The molecule has 1 aliphatic rings. The van der Waals surface area contributed by atoms with Crippen LogP contribution in [0.4, 0.5) is 10.5 Å². The molecular weight excluding hydrogens is 520 g/mol. The molecule has 1 aliphatic heterocycles. The number of rotatable bonds is 7. The summed E-state index contributed by atoms with van der Waals surface area (Å²) in [7, 11) is 1.39. The maximum atomic E-state index is 12.9. The molecule has 188 valence electrons. The summed E-state index contributed by atoms with van der Waals surface area (Å²) in [6, 6.07) is 15.5. The lowest BCUT2D eigenvalue weighted by molar-refractivity contribution is -0.384. The lowest BCUT2D eigenvalue weighted by Crippen LogP contribution is -2.27. The summed E-state index contributed by atoms with van der Waals surface area (Å²) >= 11 is 7.15. The van der Waals surface area contributed by atoms with Gasteiger partial charge in [-0.25, -0.2) is 4.79 Å². The molecular formula is C26H19ClN2O7S. The monoisotopic (exact) mass is 538 g/mol. The number of ether oxygens (including phenoxy) is 2. The van der Waals surface area contributed by atoms with Gasteiger partial charge in [0.15, 0.2) is 11.5 Å². The fourth-order valence-corrected chi connectivity index (χ4v) is 4.55. The predicted octanol–water partition coefficient (Wildman–Crippen LogP) is 6.02. The van der Waals surface area contributed by atoms with Crippen LogP contribution in [0.1, 0.15) is 27.0 Å². The van der Waals surface area contributed by atoms with Crippen LogP contribution in [0.3, 0.4) is 0 Å². The largest absolute Gasteiger partial charge is 0.493 e. The number of benzene rings is 3. The average Bonchev–Trinajstić information content (AvgIpc) is 3.13. The molecule has 3 aromatic rings. The van der Waals surface area contributed by atoms with Crippen LogP contribution in [0.25, 0.3) is 6.08 Å². The van der Waals surface area contributed by atoms with E-state index in [2.05, 4.69) is 0 Å². The maximum Gasteiger partial charge on any atom is 0.343 e. The first-order valence-corrected chi connectivity index (χ1v) is 12.0. The molecule has 11 heteroatoms. The summed E-state index contributed by atoms with van der Waals surface area (Å²) in [6.07, 6.45) is 1.49. The van der Waals surface area contributed by atoms with E-state index in [4.69, 9.17) is 21.1 Å². The zero-order valence-electron chi connectivity index (χ0n) is 19.6. The maximum absolute atomic E-state index is 12.9. The van der Waals surface area contributed by atoms with E-state index in [0.717, 1.165) is 22.2 Å². The number of hydrogen-bond donors (Lipinski definition) is 0. The quantitative estimate of drug-likeness (QED) is 0.118. The summed E-state index contributed by atoms with van der Waals surface area (Å²) in [6.45, 7) is 1.87. The minimum Gasteiger partial charge on any atom is -0.493 e. The molecule has 4 rings (SSSR count). The molecule has 0 N–H and O–H groups in total. The Morgan fingerprint density at radius 2 is 1.78 bits per heavy atom. The summed E-state index contributed by atoms with van der Waals surface area (Å²) in [4.78, 5) is 49.5. The molecule has 9 nitrogen and oxygen atoms in total. The Balaban J connectivity index is 1.53. The van der Waals surface area contributed by atoms with Crippen LogP contribution in [0.15, 0.2) is 65.6 Å². The number of non-ortho nitro benzene ring substituents is 1. The molecule has 0 spiro atoms. The van der Waals surface area contributed by atoms with Crippen molar-refractivity contribution in [3.05, 3.63) is 103 Å². The predicted molar refractivity (Wildman–Crippen MR) is 139 cm³/mol. The van der Waals surface area contributed by atoms with Gasteiger partial charge in [0, 0.05) is 12.1 Å². The SMILES string of the molecule is COc1cc(/C=C2\SC(=O)N(Cc3ccc([N+](=O)[O-])cc3)C2=O)cc(Cl)c1OC(=O)c1ccc(C)cc1. The molecule has 0 bridgehead atoms. The summed E-state index contributed by atoms with van der Waals surface area (Å²) < 4.78 is 10.8. The fraction of sp³-hybridized carbons (Fsp3) is 0.115. The van der Waals surface area contributed by atoms with Crippen molar-refractivity contribution in [1.29, 1.82) is 0 Å². The molecule has 1 heterocycles. The van der Waals surface area contributed by atoms with Crippen molar-refractivity contribution < 1.29 is 28.8 Å². The van der Waals surface area contributed by atoms with E-state index >= 15 is 0 Å². The second kappa shape index (κ2) is 10.9. The van der Waals surface area contributed by atoms with Crippen molar-refractivity contribution in [3.63, 3.8) is 0 Å². The fourth-order valence-electron chi connectivity index (χ4n) is 3.46. The van der Waals surface area contributed by atoms with Gasteiger partial charge in [0.1, 0.15) is 0 Å². The van der Waals surface area contributed by atoms with Gasteiger partial charge < -0.3 is 9.47 Å². The highest BCUT2D eigenvalue weighted by molar-refractivity contribution is 8.18. The van der Waals surface area contributed by atoms with Gasteiger partial charge in [0.25, 0.3) is 16.8 Å². The van der Waals surface area contributed by atoms with Crippen molar-refractivity contribution in [2.75, 3.05) is 7.11 Å². The number of hydrogen-bond acceptors (Lipinski definition) is 8. The highest BCUT2D eigenvalue weighted by Gasteiger charge is 2.35. The molecule has 0 unspecified atom stereocenters. The summed E-state index contributed by atoms with van der Waals surface area (Å²) in [5, 5.41) is 10.4. The number of halogens is 1. The first-order chi connectivity index (χ1) is 17.7. The van der Waals surface area contributed by atoms with Crippen LogP contribution in [0.2, 0.25) is 5.02 Å². The third kappa shape index (κ3) is 5.82. The third-order valence-electron chi connectivity index (χ3n) is 5.39. The Labute approximate surface area is 220 Å². The number of thioether (sulfide) groups is 1. The number of carbonyl (C=O) groups excluding carboxylic acids is 3. The molecule has 1 saturated heterocycles. The lowest BCUT2D eigenvalue weighted by atomic mass is 10.1. The standard InChI is InChI=1S/C26H19ClN2O7S/c1-15-3-7-18(8-4-15)25(31)36-23-20(27)11-17(12-21(23)35-2)13-22-24(30)28(26(32)37-22)14-16-5-9-19(10-6-16)29(33)34/h3-13H,14H2,1-2H3/b22-13-. The minimum absolute atomic E-state index is 0.0261. The molecule has 1 fully saturated rings. The Kier molecular flexibility index (Phi) is 7.61. The number of nitrogens with zero attached hydrogens (tertiary/aromatic N) is 2. The van der Waals surface area contributed by atoms with Gasteiger partial charge in [-0.1, -0.05) is 41.4 Å². The third-order valence-corrected chi connectivity index (χ3v) is 6.58. The van der Waals surface area contributed by atoms with Crippen LogP contribution in [-0.4, -0.2) is 34.0 Å². The van der Waals surface area contributed by atoms with E-state index in [1.54, 1.807) is 24.3 Å². The highest BCUT2D eigenvalue weighted by atomic mass is 35.5. The Bertz CT molecular complexity index is 1440. The second-order valence-electron chi connectivity index (χ2n) is 7.98. The van der Waals surface area contributed by atoms with Gasteiger partial charge >= 0.3 is 5.97 Å². The number of nitro benzene ring substituents is 1. The highest BCUT2D eigenvalue weighted by Crippen LogP contribution is 2.39. The van der Waals surface area contributed by atoms with Gasteiger partial charge in [-0.3, -0.25) is 24.6 Å². The van der Waals surface area contributed by atoms with Crippen molar-refractivity contribution in [3.8, 4) is 11.5 Å². The molecule has 0 atom stereocenters. The van der Waals surface area contributed by atoms with Gasteiger partial charge in [-0.05, 0) is 60.2 Å². The van der Waals surface area contributed by atoms with Crippen molar-refractivity contribution in [1.82, 2.24) is 4.90 Å². The van der Waals surface area contributed by atoms with E-state index in [1.165, 1.54) is 49.6 Å². The summed E-state index contributed by atoms with van der Waals surface area (Å²) in [5.74, 6) is -0.930. The normalized spacial score (nSPS) is 14.2. The number of imide groups is 1. The van der Waals surface area contributed by atoms with E-state index in [1.807, 2.05) is 6.92 Å². The van der Waals surface area contributed by atoms with Crippen LogP contribution < -0.4 is 9.47 Å². The number of aryl methyl sites for hydroxylation is 1. The van der Waals surface area contributed by atoms with Crippen LogP contribution >= 0.6 is 23.4 Å². The van der Waals surface area contributed by atoms with Gasteiger partial charge in [0.2, 0.25) is 0 Å². The molecule has 0 aromatic heterocycles. The Morgan fingerprint density at radius 3 is 2.41 bits per heavy atom. The molecule has 0 aliphatic carbocycles. The lowest BCUT2D eigenvalue weighted by Gasteiger charge is -2.13. The minimum atomic E-state index is -0.611.